The standard InChI is InChI=1S/C21H29NO2/c1-5-14(2)20(23)19(22)18-11-15(3)21(16(4)12-18)24-13-17-9-7-6-8-10-17/h6-12,14,19-20,23H,5,13,22H2,1-4H3/t14?,19-,20+/m0/s1. The highest BCUT2D eigenvalue weighted by atomic mass is 16.5. The van der Waals surface area contributed by atoms with Gasteiger partial charge in [0.15, 0.2) is 0 Å². The number of hydrogen-bond donors (Lipinski definition) is 2. The molecular weight excluding hydrogens is 298 g/mol. The molecule has 0 saturated heterocycles. The van der Waals surface area contributed by atoms with Crippen molar-refractivity contribution in [3.05, 3.63) is 64.7 Å². The number of aryl methyl sites for hydroxylation is 2. The maximum absolute atomic E-state index is 10.4. The van der Waals surface area contributed by atoms with Crippen LogP contribution in [0.2, 0.25) is 0 Å². The van der Waals surface area contributed by atoms with Gasteiger partial charge in [0.2, 0.25) is 0 Å². The fraction of sp³-hybridized carbons (Fsp3) is 0.429. The van der Waals surface area contributed by atoms with E-state index in [1.165, 1.54) is 0 Å². The minimum atomic E-state index is -0.537. The van der Waals surface area contributed by atoms with E-state index in [0.717, 1.165) is 34.4 Å². The zero-order valence-electron chi connectivity index (χ0n) is 15.1. The smallest absolute Gasteiger partial charge is 0.125 e. The molecule has 0 aliphatic rings. The molecule has 0 spiro atoms. The normalized spacial score (nSPS) is 14.9. The molecule has 0 saturated carbocycles. The summed E-state index contributed by atoms with van der Waals surface area (Å²) in [5.41, 5.74) is 10.5. The van der Waals surface area contributed by atoms with Crippen molar-refractivity contribution in [2.24, 2.45) is 11.7 Å². The van der Waals surface area contributed by atoms with Gasteiger partial charge in [-0.05, 0) is 42.0 Å². The van der Waals surface area contributed by atoms with Crippen molar-refractivity contribution in [3.63, 3.8) is 0 Å². The molecule has 0 bridgehead atoms. The quantitative estimate of drug-likeness (QED) is 0.797. The first kappa shape index (κ1) is 18.5. The van der Waals surface area contributed by atoms with Crippen LogP contribution in [0.25, 0.3) is 0 Å². The molecule has 0 radical (unpaired) electrons. The number of nitrogens with two attached hydrogens (primary N) is 1. The Morgan fingerprint density at radius 3 is 2.21 bits per heavy atom. The van der Waals surface area contributed by atoms with Crippen LogP contribution in [-0.4, -0.2) is 11.2 Å². The van der Waals surface area contributed by atoms with Gasteiger partial charge >= 0.3 is 0 Å². The largest absolute Gasteiger partial charge is 0.488 e. The van der Waals surface area contributed by atoms with E-state index in [4.69, 9.17) is 10.5 Å². The molecule has 0 aromatic heterocycles. The van der Waals surface area contributed by atoms with Crippen LogP contribution in [0, 0.1) is 19.8 Å². The van der Waals surface area contributed by atoms with E-state index in [2.05, 4.69) is 19.1 Å². The second-order valence-electron chi connectivity index (χ2n) is 6.66. The summed E-state index contributed by atoms with van der Waals surface area (Å²) in [6.07, 6.45) is 0.371. The zero-order chi connectivity index (χ0) is 17.7. The molecule has 0 aliphatic heterocycles. The van der Waals surface area contributed by atoms with Crippen molar-refractivity contribution in [3.8, 4) is 5.75 Å². The molecule has 0 amide bonds. The predicted octanol–water partition coefficient (Wildman–Crippen LogP) is 4.29. The first-order chi connectivity index (χ1) is 11.4. The molecule has 3 heteroatoms. The lowest BCUT2D eigenvalue weighted by Crippen LogP contribution is -2.31. The topological polar surface area (TPSA) is 55.5 Å². The van der Waals surface area contributed by atoms with Crippen molar-refractivity contribution >= 4 is 0 Å². The molecule has 130 valence electrons. The molecule has 24 heavy (non-hydrogen) atoms. The van der Waals surface area contributed by atoms with Crippen molar-refractivity contribution in [2.45, 2.75) is 52.9 Å². The molecule has 0 fully saturated rings. The van der Waals surface area contributed by atoms with E-state index in [-0.39, 0.29) is 12.0 Å². The molecule has 2 rings (SSSR count). The van der Waals surface area contributed by atoms with Gasteiger partial charge in [-0.2, -0.15) is 0 Å². The Kier molecular flexibility index (Phi) is 6.41. The van der Waals surface area contributed by atoms with Gasteiger partial charge in [-0.15, -0.1) is 0 Å². The summed E-state index contributed by atoms with van der Waals surface area (Å²) in [5, 5.41) is 10.4. The SMILES string of the molecule is CCC(C)[C@@H](O)[C@@H](N)c1cc(C)c(OCc2ccccc2)c(C)c1. The monoisotopic (exact) mass is 327 g/mol. The molecule has 2 aromatic rings. The van der Waals surface area contributed by atoms with E-state index in [1.807, 2.05) is 51.1 Å². The van der Waals surface area contributed by atoms with E-state index < -0.39 is 6.10 Å². The van der Waals surface area contributed by atoms with Crippen molar-refractivity contribution < 1.29 is 9.84 Å². The van der Waals surface area contributed by atoms with Gasteiger partial charge in [0.05, 0.1) is 12.1 Å². The van der Waals surface area contributed by atoms with Gasteiger partial charge in [0.1, 0.15) is 12.4 Å². The van der Waals surface area contributed by atoms with Crippen LogP contribution in [0.15, 0.2) is 42.5 Å². The number of rotatable bonds is 7. The van der Waals surface area contributed by atoms with Crippen molar-refractivity contribution in [1.29, 1.82) is 0 Å². The van der Waals surface area contributed by atoms with Crippen LogP contribution < -0.4 is 10.5 Å². The summed E-state index contributed by atoms with van der Waals surface area (Å²) >= 11 is 0. The lowest BCUT2D eigenvalue weighted by atomic mass is 9.90. The third-order valence-corrected chi connectivity index (χ3v) is 4.69. The lowest BCUT2D eigenvalue weighted by molar-refractivity contribution is 0.0879. The average Bonchev–Trinajstić information content (AvgIpc) is 2.59. The molecular formula is C21H29NO2. The molecule has 3 nitrogen and oxygen atoms in total. The summed E-state index contributed by atoms with van der Waals surface area (Å²) < 4.78 is 6.01. The third kappa shape index (κ3) is 4.37. The van der Waals surface area contributed by atoms with Gasteiger partial charge < -0.3 is 15.6 Å². The van der Waals surface area contributed by atoms with Gasteiger partial charge in [0, 0.05) is 0 Å². The highest BCUT2D eigenvalue weighted by Gasteiger charge is 2.23. The molecule has 3 atom stereocenters. The van der Waals surface area contributed by atoms with Gasteiger partial charge in [-0.3, -0.25) is 0 Å². The minimum absolute atomic E-state index is 0.176. The molecule has 0 heterocycles. The maximum Gasteiger partial charge on any atom is 0.125 e. The summed E-state index contributed by atoms with van der Waals surface area (Å²) in [6, 6.07) is 13.8. The minimum Gasteiger partial charge on any atom is -0.488 e. The number of aliphatic hydroxyl groups is 1. The van der Waals surface area contributed by atoms with E-state index >= 15 is 0 Å². The Labute approximate surface area is 145 Å². The summed E-state index contributed by atoms with van der Waals surface area (Å²) in [7, 11) is 0. The summed E-state index contributed by atoms with van der Waals surface area (Å²) in [4.78, 5) is 0. The fourth-order valence-electron chi connectivity index (χ4n) is 2.93. The van der Waals surface area contributed by atoms with Crippen molar-refractivity contribution in [1.82, 2.24) is 0 Å². The van der Waals surface area contributed by atoms with Gasteiger partial charge in [-0.25, -0.2) is 0 Å². The number of hydrogen-bond acceptors (Lipinski definition) is 3. The van der Waals surface area contributed by atoms with Crippen LogP contribution >= 0.6 is 0 Å². The average molecular weight is 327 g/mol. The Balaban J connectivity index is 2.16. The fourth-order valence-corrected chi connectivity index (χ4v) is 2.93. The van der Waals surface area contributed by atoms with E-state index in [1.54, 1.807) is 0 Å². The molecule has 2 aromatic carbocycles. The predicted molar refractivity (Wildman–Crippen MR) is 99.1 cm³/mol. The summed E-state index contributed by atoms with van der Waals surface area (Å²) in [6.45, 7) is 8.70. The maximum atomic E-state index is 10.4. The first-order valence-electron chi connectivity index (χ1n) is 8.65. The molecule has 3 N–H and O–H groups in total. The van der Waals surface area contributed by atoms with Crippen molar-refractivity contribution in [2.75, 3.05) is 0 Å². The Morgan fingerprint density at radius 2 is 1.67 bits per heavy atom. The number of aliphatic hydroxyl groups excluding tert-OH is 1. The molecule has 0 aliphatic carbocycles. The van der Waals surface area contributed by atoms with Crippen LogP contribution in [0.5, 0.6) is 5.75 Å². The van der Waals surface area contributed by atoms with Crippen LogP contribution in [-0.2, 0) is 6.61 Å². The molecule has 1 unspecified atom stereocenters. The zero-order valence-corrected chi connectivity index (χ0v) is 15.1. The van der Waals surface area contributed by atoms with Gasteiger partial charge in [0.25, 0.3) is 0 Å². The Hall–Kier alpha value is -1.84. The highest BCUT2D eigenvalue weighted by molar-refractivity contribution is 5.44. The number of ether oxygens (including phenoxy) is 1. The van der Waals surface area contributed by atoms with Crippen LogP contribution in [0.3, 0.4) is 0 Å². The number of benzene rings is 2. The third-order valence-electron chi connectivity index (χ3n) is 4.69. The van der Waals surface area contributed by atoms with Gasteiger partial charge in [-0.1, -0.05) is 62.7 Å². The highest BCUT2D eigenvalue weighted by Crippen LogP contribution is 2.30. The second kappa shape index (κ2) is 8.32. The van der Waals surface area contributed by atoms with E-state index in [9.17, 15) is 5.11 Å². The van der Waals surface area contributed by atoms with Crippen LogP contribution in [0.1, 0.15) is 48.6 Å². The Morgan fingerprint density at radius 1 is 1.08 bits per heavy atom. The summed E-state index contributed by atoms with van der Waals surface area (Å²) in [5.74, 6) is 1.07. The second-order valence-corrected chi connectivity index (χ2v) is 6.66. The van der Waals surface area contributed by atoms with E-state index in [0.29, 0.717) is 6.61 Å². The Bertz CT molecular complexity index is 631. The van der Waals surface area contributed by atoms with Crippen LogP contribution in [0.4, 0.5) is 0 Å². The lowest BCUT2D eigenvalue weighted by Gasteiger charge is -2.25. The first-order valence-corrected chi connectivity index (χ1v) is 8.65.